The molecule has 0 saturated heterocycles. The molecule has 0 spiro atoms. The molecule has 0 aromatic rings. The molecule has 0 saturated carbocycles. The van der Waals surface area contributed by atoms with Crippen LogP contribution in [0, 0.1) is 0 Å². The second kappa shape index (κ2) is 2.79. The molecule has 0 heterocycles. The molecular weight excluding hydrogens is 99.0 g/mol. The van der Waals surface area contributed by atoms with E-state index in [1.165, 1.54) is 6.66 Å². The molecule has 0 rings (SSSR count). The van der Waals surface area contributed by atoms with E-state index in [1.54, 1.807) is 0 Å². The molecule has 0 aromatic heterocycles. The van der Waals surface area contributed by atoms with Gasteiger partial charge < -0.3 is 5.73 Å². The van der Waals surface area contributed by atoms with Crippen LogP contribution in [0.3, 0.4) is 0 Å². The zero-order valence-corrected chi connectivity index (χ0v) is 4.35. The molecular formula is C2H6N2OP+. The standard InChI is InChI=1S/C2H6N2OP/c1-6(5)4-2-3/h2H,1H3,(H2,3,4,5)/q+1. The van der Waals surface area contributed by atoms with Gasteiger partial charge in [0.25, 0.3) is 0 Å². The summed E-state index contributed by atoms with van der Waals surface area (Å²) >= 11 is 0. The first-order valence-electron chi connectivity index (χ1n) is 1.42. The van der Waals surface area contributed by atoms with E-state index in [4.69, 9.17) is 5.73 Å². The SMILES string of the molecule is C[P+](=O)N=CN. The Morgan fingerprint density at radius 1 is 2.00 bits per heavy atom. The van der Waals surface area contributed by atoms with Gasteiger partial charge in [-0.05, 0) is 9.33 Å². The molecule has 1 unspecified atom stereocenters. The summed E-state index contributed by atoms with van der Waals surface area (Å²) in [5, 5.41) is 0. The number of hydrogen-bond acceptors (Lipinski definition) is 1. The lowest BCUT2D eigenvalue weighted by Crippen LogP contribution is -1.84. The summed E-state index contributed by atoms with van der Waals surface area (Å²) < 4.78 is 13.2. The highest BCUT2D eigenvalue weighted by atomic mass is 31.1. The summed E-state index contributed by atoms with van der Waals surface area (Å²) in [5.41, 5.74) is 4.75. The highest BCUT2D eigenvalue weighted by Crippen LogP contribution is 2.11. The molecule has 0 amide bonds. The van der Waals surface area contributed by atoms with Gasteiger partial charge in [0.2, 0.25) is 0 Å². The average molecular weight is 105 g/mol. The van der Waals surface area contributed by atoms with Crippen LogP contribution in [-0.4, -0.2) is 13.0 Å². The molecule has 34 valence electrons. The van der Waals surface area contributed by atoms with E-state index in [0.29, 0.717) is 0 Å². The Kier molecular flexibility index (Phi) is 2.59. The van der Waals surface area contributed by atoms with Gasteiger partial charge in [0, 0.05) is 0 Å². The van der Waals surface area contributed by atoms with Gasteiger partial charge in [-0.2, -0.15) is 0 Å². The Balaban J connectivity index is 3.30. The van der Waals surface area contributed by atoms with Gasteiger partial charge in [0.15, 0.2) is 6.66 Å². The normalized spacial score (nSPS) is 12.5. The minimum atomic E-state index is -1.41. The molecule has 0 aliphatic rings. The molecule has 0 aliphatic heterocycles. The Labute approximate surface area is 37.1 Å². The molecule has 1 atom stereocenters. The summed E-state index contributed by atoms with van der Waals surface area (Å²) in [6.45, 7) is 1.48. The number of nitrogens with zero attached hydrogens (tertiary/aromatic N) is 1. The van der Waals surface area contributed by atoms with Crippen molar-refractivity contribution < 1.29 is 4.57 Å². The topological polar surface area (TPSA) is 55.5 Å². The van der Waals surface area contributed by atoms with Crippen LogP contribution in [0.5, 0.6) is 0 Å². The van der Waals surface area contributed by atoms with Crippen molar-refractivity contribution in [1.29, 1.82) is 0 Å². The Morgan fingerprint density at radius 2 is 2.50 bits per heavy atom. The summed E-state index contributed by atoms with van der Waals surface area (Å²) in [6, 6.07) is 0. The van der Waals surface area contributed by atoms with E-state index in [1.807, 2.05) is 0 Å². The first-order valence-corrected chi connectivity index (χ1v) is 3.08. The molecule has 0 aromatic carbocycles. The van der Waals surface area contributed by atoms with E-state index < -0.39 is 7.95 Å². The Bertz CT molecular complexity index is 79.6. The van der Waals surface area contributed by atoms with E-state index in [0.717, 1.165) is 6.34 Å². The summed E-state index contributed by atoms with van der Waals surface area (Å²) in [7, 11) is -1.41. The van der Waals surface area contributed by atoms with Gasteiger partial charge in [-0.15, -0.1) is 0 Å². The van der Waals surface area contributed by atoms with Gasteiger partial charge in [0.05, 0.1) is 0 Å². The molecule has 3 nitrogen and oxygen atoms in total. The van der Waals surface area contributed by atoms with Crippen LogP contribution in [0.25, 0.3) is 0 Å². The molecule has 4 heteroatoms. The second-order valence-corrected chi connectivity index (χ2v) is 1.89. The third-order valence-corrected chi connectivity index (χ3v) is 0.688. The molecule has 0 radical (unpaired) electrons. The van der Waals surface area contributed by atoms with E-state index in [2.05, 4.69) is 4.76 Å². The smallest absolute Gasteiger partial charge is 0.386 e. The first-order chi connectivity index (χ1) is 2.77. The van der Waals surface area contributed by atoms with Gasteiger partial charge >= 0.3 is 7.95 Å². The predicted molar refractivity (Wildman–Crippen MR) is 26.2 cm³/mol. The van der Waals surface area contributed by atoms with Crippen LogP contribution >= 0.6 is 7.95 Å². The summed E-state index contributed by atoms with van der Waals surface area (Å²) in [6.07, 6.45) is 1.04. The fraction of sp³-hybridized carbons (Fsp3) is 0.500. The quantitative estimate of drug-likeness (QED) is 0.297. The molecule has 0 aliphatic carbocycles. The van der Waals surface area contributed by atoms with Crippen molar-refractivity contribution in [2.24, 2.45) is 10.5 Å². The maximum absolute atomic E-state index is 9.91. The molecule has 0 fully saturated rings. The van der Waals surface area contributed by atoms with E-state index >= 15 is 0 Å². The van der Waals surface area contributed by atoms with E-state index in [9.17, 15) is 4.57 Å². The highest BCUT2D eigenvalue weighted by Gasteiger charge is 1.93. The minimum Gasteiger partial charge on any atom is -0.386 e. The lowest BCUT2D eigenvalue weighted by atomic mass is 11.4. The summed E-state index contributed by atoms with van der Waals surface area (Å²) in [5.74, 6) is 0. The second-order valence-electron chi connectivity index (χ2n) is 0.729. The van der Waals surface area contributed by atoms with Crippen molar-refractivity contribution in [2.75, 3.05) is 6.66 Å². The monoisotopic (exact) mass is 105 g/mol. The maximum atomic E-state index is 9.91. The van der Waals surface area contributed by atoms with Crippen molar-refractivity contribution in [3.8, 4) is 0 Å². The fourth-order valence-corrected chi connectivity index (χ4v) is 0.282. The minimum absolute atomic E-state index is 1.04. The van der Waals surface area contributed by atoms with E-state index in [-0.39, 0.29) is 0 Å². The van der Waals surface area contributed by atoms with Crippen LogP contribution in [0.15, 0.2) is 4.76 Å². The van der Waals surface area contributed by atoms with Gasteiger partial charge in [0.1, 0.15) is 6.34 Å². The molecule has 6 heavy (non-hydrogen) atoms. The number of hydrogen-bond donors (Lipinski definition) is 1. The van der Waals surface area contributed by atoms with Crippen molar-refractivity contribution in [3.63, 3.8) is 0 Å². The first kappa shape index (κ1) is 5.57. The van der Waals surface area contributed by atoms with Crippen molar-refractivity contribution in [3.05, 3.63) is 0 Å². The van der Waals surface area contributed by atoms with Crippen LogP contribution in [0.4, 0.5) is 0 Å². The van der Waals surface area contributed by atoms with Crippen molar-refractivity contribution in [2.45, 2.75) is 0 Å². The lowest BCUT2D eigenvalue weighted by molar-refractivity contribution is 0.592. The van der Waals surface area contributed by atoms with Crippen LogP contribution in [-0.2, 0) is 4.57 Å². The van der Waals surface area contributed by atoms with Crippen molar-refractivity contribution in [1.82, 2.24) is 0 Å². The van der Waals surface area contributed by atoms with Gasteiger partial charge in [-0.3, -0.25) is 0 Å². The number of nitrogens with two attached hydrogens (primary N) is 1. The third kappa shape index (κ3) is 3.57. The summed E-state index contributed by atoms with van der Waals surface area (Å²) in [4.78, 5) is 0. The molecule has 2 N–H and O–H groups in total. The van der Waals surface area contributed by atoms with Gasteiger partial charge in [-0.25, -0.2) is 0 Å². The zero-order valence-electron chi connectivity index (χ0n) is 3.46. The average Bonchev–Trinajstić information content (AvgIpc) is 1.35. The van der Waals surface area contributed by atoms with Gasteiger partial charge in [-0.1, -0.05) is 0 Å². The lowest BCUT2D eigenvalue weighted by Gasteiger charge is -1.54. The maximum Gasteiger partial charge on any atom is 0.483 e. The van der Waals surface area contributed by atoms with Crippen LogP contribution in [0.2, 0.25) is 0 Å². The third-order valence-electron chi connectivity index (χ3n) is 0.229. The predicted octanol–water partition coefficient (Wildman–Crippen LogP) is 0.346. The highest BCUT2D eigenvalue weighted by molar-refractivity contribution is 7.42. The van der Waals surface area contributed by atoms with Crippen LogP contribution in [0.1, 0.15) is 0 Å². The fourth-order valence-electron chi connectivity index (χ4n) is 0.0939. The Morgan fingerprint density at radius 3 is 2.50 bits per heavy atom. The van der Waals surface area contributed by atoms with Crippen molar-refractivity contribution >= 4 is 14.3 Å². The zero-order chi connectivity index (χ0) is 4.99. The Hall–Kier alpha value is -0.430. The van der Waals surface area contributed by atoms with Crippen LogP contribution < -0.4 is 5.73 Å². The largest absolute Gasteiger partial charge is 0.483 e. The molecule has 0 bridgehead atoms. The number of rotatable bonds is 1.